The molecule has 9 heteroatoms. The summed E-state index contributed by atoms with van der Waals surface area (Å²) in [5.41, 5.74) is 2.33. The molecule has 1 heterocycles. The number of methoxy groups -OCH3 is 1. The SMILES string of the molecule is COc1ccc2nc(N(CCN(C)C)Cc3ccccc3)sc2c1.O=C(O)/C=C/C(=O)O. The molecule has 0 bridgehead atoms. The summed E-state index contributed by atoms with van der Waals surface area (Å²) in [6.45, 7) is 2.80. The molecule has 0 aliphatic heterocycles. The number of hydrogen-bond donors (Lipinski definition) is 2. The molecule has 170 valence electrons. The standard InChI is InChI=1S/C19H23N3OS.C4H4O4/c1-21(2)11-12-22(14-15-7-5-4-6-8-15)19-20-17-10-9-16(23-3)13-18(17)24-19;5-3(6)1-2-4(7)8/h4-10,13H,11-12,14H2,1-3H3;1-2H,(H,5,6)(H,7,8)/b;2-1+. The van der Waals surface area contributed by atoms with Crippen LogP contribution >= 0.6 is 11.3 Å². The Morgan fingerprint density at radius 1 is 1.03 bits per heavy atom. The Kier molecular flexibility index (Phi) is 9.65. The molecule has 0 spiro atoms. The molecule has 1 aromatic heterocycles. The van der Waals surface area contributed by atoms with Gasteiger partial charge in [0.25, 0.3) is 0 Å². The minimum absolute atomic E-state index is 0.558. The van der Waals surface area contributed by atoms with E-state index in [1.54, 1.807) is 18.4 Å². The van der Waals surface area contributed by atoms with Gasteiger partial charge in [0.05, 0.1) is 17.3 Å². The zero-order valence-electron chi connectivity index (χ0n) is 18.3. The maximum absolute atomic E-state index is 9.55. The van der Waals surface area contributed by atoms with E-state index >= 15 is 0 Å². The zero-order valence-corrected chi connectivity index (χ0v) is 19.1. The summed E-state index contributed by atoms with van der Waals surface area (Å²) in [6, 6.07) is 16.6. The molecule has 0 amide bonds. The predicted octanol–water partition coefficient (Wildman–Crippen LogP) is 3.58. The van der Waals surface area contributed by atoms with Gasteiger partial charge in [0.2, 0.25) is 0 Å². The highest BCUT2D eigenvalue weighted by molar-refractivity contribution is 7.22. The number of likely N-dealkylation sites (N-methyl/N-ethyl adjacent to an activating group) is 1. The molecule has 0 saturated carbocycles. The molecule has 0 fully saturated rings. The highest BCUT2D eigenvalue weighted by Crippen LogP contribution is 2.32. The van der Waals surface area contributed by atoms with Gasteiger partial charge >= 0.3 is 11.9 Å². The molecule has 2 N–H and O–H groups in total. The van der Waals surface area contributed by atoms with Crippen molar-refractivity contribution in [2.24, 2.45) is 0 Å². The van der Waals surface area contributed by atoms with Crippen LogP contribution in [-0.4, -0.2) is 66.3 Å². The Morgan fingerprint density at radius 2 is 1.69 bits per heavy atom. The van der Waals surface area contributed by atoms with Gasteiger partial charge in [0.1, 0.15) is 5.75 Å². The van der Waals surface area contributed by atoms with Crippen LogP contribution in [0.15, 0.2) is 60.7 Å². The number of aromatic nitrogens is 1. The fourth-order valence-electron chi connectivity index (χ4n) is 2.66. The van der Waals surface area contributed by atoms with Crippen LogP contribution in [0.5, 0.6) is 5.75 Å². The lowest BCUT2D eigenvalue weighted by molar-refractivity contribution is -0.134. The minimum atomic E-state index is -1.26. The number of ether oxygens (including phenoxy) is 1. The first kappa shape index (κ1) is 24.8. The summed E-state index contributed by atoms with van der Waals surface area (Å²) in [6.07, 6.45) is 1.12. The van der Waals surface area contributed by atoms with Crippen LogP contribution in [0.25, 0.3) is 10.2 Å². The zero-order chi connectivity index (χ0) is 23.5. The Hall–Kier alpha value is -3.43. The lowest BCUT2D eigenvalue weighted by atomic mass is 10.2. The number of carboxylic acid groups (broad SMARTS) is 2. The summed E-state index contributed by atoms with van der Waals surface area (Å²) in [5, 5.41) is 16.7. The molecule has 32 heavy (non-hydrogen) atoms. The van der Waals surface area contributed by atoms with Gasteiger partial charge in [-0.25, -0.2) is 14.6 Å². The van der Waals surface area contributed by atoms with Crippen LogP contribution in [0.2, 0.25) is 0 Å². The third-order valence-electron chi connectivity index (χ3n) is 4.26. The van der Waals surface area contributed by atoms with E-state index in [9.17, 15) is 9.59 Å². The summed E-state index contributed by atoms with van der Waals surface area (Å²) >= 11 is 1.72. The fourth-order valence-corrected chi connectivity index (χ4v) is 3.68. The Bertz CT molecular complexity index is 1030. The summed E-state index contributed by atoms with van der Waals surface area (Å²) < 4.78 is 6.48. The molecule has 8 nitrogen and oxygen atoms in total. The van der Waals surface area contributed by atoms with Gasteiger partial charge < -0.3 is 24.7 Å². The number of thiazole rings is 1. The third-order valence-corrected chi connectivity index (χ3v) is 5.34. The molecule has 0 atom stereocenters. The second-order valence-corrected chi connectivity index (χ2v) is 8.06. The second-order valence-electron chi connectivity index (χ2n) is 7.05. The number of fused-ring (bicyclic) bond motifs is 1. The summed E-state index contributed by atoms with van der Waals surface area (Å²) in [7, 11) is 5.90. The van der Waals surface area contributed by atoms with Gasteiger partial charge in [-0.1, -0.05) is 41.7 Å². The van der Waals surface area contributed by atoms with Gasteiger partial charge in [-0.05, 0) is 37.9 Å². The lowest BCUT2D eigenvalue weighted by Crippen LogP contribution is -2.31. The quantitative estimate of drug-likeness (QED) is 0.470. The van der Waals surface area contributed by atoms with Crippen LogP contribution in [0.1, 0.15) is 5.56 Å². The van der Waals surface area contributed by atoms with Crippen molar-refractivity contribution in [1.82, 2.24) is 9.88 Å². The largest absolute Gasteiger partial charge is 0.497 e. The highest BCUT2D eigenvalue weighted by atomic mass is 32.1. The van der Waals surface area contributed by atoms with Crippen molar-refractivity contribution in [3.8, 4) is 5.75 Å². The van der Waals surface area contributed by atoms with E-state index in [1.165, 1.54) is 5.56 Å². The number of aliphatic carboxylic acids is 2. The molecule has 0 aliphatic rings. The topological polar surface area (TPSA) is 103 Å². The van der Waals surface area contributed by atoms with E-state index in [4.69, 9.17) is 19.9 Å². The Labute approximate surface area is 191 Å². The van der Waals surface area contributed by atoms with Gasteiger partial charge in [0.15, 0.2) is 5.13 Å². The van der Waals surface area contributed by atoms with Crippen molar-refractivity contribution in [2.75, 3.05) is 39.2 Å². The van der Waals surface area contributed by atoms with E-state index in [0.717, 1.165) is 40.7 Å². The predicted molar refractivity (Wildman–Crippen MR) is 127 cm³/mol. The van der Waals surface area contributed by atoms with E-state index in [1.807, 2.05) is 12.1 Å². The van der Waals surface area contributed by atoms with Crippen LogP contribution < -0.4 is 9.64 Å². The highest BCUT2D eigenvalue weighted by Gasteiger charge is 2.14. The normalized spacial score (nSPS) is 10.8. The molecule has 0 aliphatic carbocycles. The number of rotatable bonds is 9. The molecule has 0 radical (unpaired) electrons. The smallest absolute Gasteiger partial charge is 0.328 e. The number of benzene rings is 2. The number of carboxylic acids is 2. The first-order valence-corrected chi connectivity index (χ1v) is 10.6. The fraction of sp³-hybridized carbons (Fsp3) is 0.261. The van der Waals surface area contributed by atoms with Crippen molar-refractivity contribution in [2.45, 2.75) is 6.54 Å². The van der Waals surface area contributed by atoms with Crippen molar-refractivity contribution < 1.29 is 24.5 Å². The third kappa shape index (κ3) is 8.37. The van der Waals surface area contributed by atoms with Crippen molar-refractivity contribution >= 4 is 38.6 Å². The summed E-state index contributed by atoms with van der Waals surface area (Å²) in [5.74, 6) is -1.64. The van der Waals surface area contributed by atoms with E-state index in [2.05, 4.69) is 60.3 Å². The molecular formula is C23H27N3O5S. The molecular weight excluding hydrogens is 430 g/mol. The van der Waals surface area contributed by atoms with Crippen molar-refractivity contribution in [1.29, 1.82) is 0 Å². The number of nitrogens with zero attached hydrogens (tertiary/aromatic N) is 3. The maximum atomic E-state index is 9.55. The average molecular weight is 458 g/mol. The van der Waals surface area contributed by atoms with Crippen molar-refractivity contribution in [3.05, 3.63) is 66.2 Å². The summed E-state index contributed by atoms with van der Waals surface area (Å²) in [4.78, 5) is 28.5. The first-order chi connectivity index (χ1) is 15.3. The van der Waals surface area contributed by atoms with Crippen LogP contribution in [0.3, 0.4) is 0 Å². The van der Waals surface area contributed by atoms with Gasteiger partial charge in [0, 0.05) is 31.8 Å². The molecule has 0 saturated heterocycles. The monoisotopic (exact) mass is 457 g/mol. The van der Waals surface area contributed by atoms with Gasteiger partial charge in [-0.2, -0.15) is 0 Å². The van der Waals surface area contributed by atoms with Gasteiger partial charge in [-0.3, -0.25) is 0 Å². The van der Waals surface area contributed by atoms with E-state index < -0.39 is 11.9 Å². The molecule has 3 aromatic rings. The number of carbonyl (C=O) groups is 2. The molecule has 0 unspecified atom stereocenters. The molecule has 2 aromatic carbocycles. The van der Waals surface area contributed by atoms with Crippen LogP contribution in [-0.2, 0) is 16.1 Å². The van der Waals surface area contributed by atoms with Gasteiger partial charge in [-0.15, -0.1) is 0 Å². The number of anilines is 1. The van der Waals surface area contributed by atoms with Crippen LogP contribution in [0.4, 0.5) is 5.13 Å². The van der Waals surface area contributed by atoms with E-state index in [0.29, 0.717) is 12.2 Å². The molecule has 3 rings (SSSR count). The second kappa shape index (κ2) is 12.4. The van der Waals surface area contributed by atoms with Crippen LogP contribution in [0, 0.1) is 0 Å². The lowest BCUT2D eigenvalue weighted by Gasteiger charge is -2.23. The number of hydrogen-bond acceptors (Lipinski definition) is 7. The average Bonchev–Trinajstić information content (AvgIpc) is 3.19. The van der Waals surface area contributed by atoms with E-state index in [-0.39, 0.29) is 0 Å². The Balaban J connectivity index is 0.000000390. The first-order valence-electron chi connectivity index (χ1n) is 9.80. The minimum Gasteiger partial charge on any atom is -0.497 e. The van der Waals surface area contributed by atoms with Crippen molar-refractivity contribution in [3.63, 3.8) is 0 Å². The maximum Gasteiger partial charge on any atom is 0.328 e. The Morgan fingerprint density at radius 3 is 2.25 bits per heavy atom.